The van der Waals surface area contributed by atoms with E-state index in [1.54, 1.807) is 12.2 Å². The molecule has 18 heavy (non-hydrogen) atoms. The van der Waals surface area contributed by atoms with Gasteiger partial charge in [-0.2, -0.15) is 0 Å². The van der Waals surface area contributed by atoms with E-state index in [2.05, 4.69) is 9.47 Å². The highest BCUT2D eigenvalue weighted by Gasteiger charge is 2.09. The number of carbonyl (C=O) groups is 2. The minimum atomic E-state index is -0.371. The van der Waals surface area contributed by atoms with E-state index in [4.69, 9.17) is 0 Å². The molecule has 0 amide bonds. The van der Waals surface area contributed by atoms with Gasteiger partial charge < -0.3 is 9.47 Å². The monoisotopic (exact) mass is 250 g/mol. The minimum Gasteiger partial charge on any atom is -0.466 e. The molecule has 0 saturated carbocycles. The summed E-state index contributed by atoms with van der Waals surface area (Å²) in [6.45, 7) is 0. The highest BCUT2D eigenvalue weighted by Crippen LogP contribution is 2.26. The first-order valence-corrected chi connectivity index (χ1v) is 5.91. The summed E-state index contributed by atoms with van der Waals surface area (Å²) in [5.41, 5.74) is 2.15. The topological polar surface area (TPSA) is 52.6 Å². The molecule has 4 heteroatoms. The minimum absolute atomic E-state index is 0.371. The Bertz CT molecular complexity index is 364. The van der Waals surface area contributed by atoms with Gasteiger partial charge in [0.15, 0.2) is 0 Å². The smallest absolute Gasteiger partial charge is 0.330 e. The molecule has 0 aromatic rings. The Labute approximate surface area is 107 Å². The van der Waals surface area contributed by atoms with E-state index < -0.39 is 0 Å². The van der Waals surface area contributed by atoms with Gasteiger partial charge in [-0.05, 0) is 36.8 Å². The lowest BCUT2D eigenvalue weighted by Gasteiger charge is -2.15. The zero-order valence-electron chi connectivity index (χ0n) is 10.8. The second kappa shape index (κ2) is 7.48. The predicted octanol–water partition coefficient (Wildman–Crippen LogP) is 2.32. The average Bonchev–Trinajstić information content (AvgIpc) is 2.42. The van der Waals surface area contributed by atoms with Crippen molar-refractivity contribution in [3.05, 3.63) is 35.5 Å². The Kier molecular flexibility index (Phi) is 5.91. The molecule has 1 aliphatic carbocycles. The fourth-order valence-corrected chi connectivity index (χ4v) is 1.81. The number of rotatable bonds is 4. The van der Waals surface area contributed by atoms with Crippen molar-refractivity contribution >= 4 is 11.9 Å². The van der Waals surface area contributed by atoms with Crippen LogP contribution in [-0.2, 0) is 19.1 Å². The molecular weight excluding hydrogens is 232 g/mol. The Morgan fingerprint density at radius 3 is 1.61 bits per heavy atom. The second-order valence-electron chi connectivity index (χ2n) is 3.97. The maximum Gasteiger partial charge on any atom is 0.330 e. The van der Waals surface area contributed by atoms with E-state index in [9.17, 15) is 9.59 Å². The summed E-state index contributed by atoms with van der Waals surface area (Å²) in [6, 6.07) is 0. The SMILES string of the molecule is COC(=O)/C=C\C1=C(/C=C/C(=O)OC)CCCC1. The summed E-state index contributed by atoms with van der Waals surface area (Å²) in [4.78, 5) is 22.1. The molecule has 1 aliphatic rings. The van der Waals surface area contributed by atoms with Gasteiger partial charge in [-0.1, -0.05) is 12.2 Å². The summed E-state index contributed by atoms with van der Waals surface area (Å²) in [5.74, 6) is -0.742. The number of esters is 2. The number of carbonyl (C=O) groups excluding carboxylic acids is 2. The molecule has 1 rings (SSSR count). The van der Waals surface area contributed by atoms with Crippen molar-refractivity contribution in [3.63, 3.8) is 0 Å². The molecule has 0 radical (unpaired) electrons. The summed E-state index contributed by atoms with van der Waals surface area (Å²) >= 11 is 0. The van der Waals surface area contributed by atoms with Crippen LogP contribution in [0.25, 0.3) is 0 Å². The van der Waals surface area contributed by atoms with Crippen molar-refractivity contribution in [1.29, 1.82) is 0 Å². The van der Waals surface area contributed by atoms with Crippen LogP contribution in [0.5, 0.6) is 0 Å². The Morgan fingerprint density at radius 1 is 0.889 bits per heavy atom. The molecular formula is C14H18O4. The van der Waals surface area contributed by atoms with E-state index in [-0.39, 0.29) is 11.9 Å². The third kappa shape index (κ3) is 4.57. The van der Waals surface area contributed by atoms with Gasteiger partial charge in [-0.25, -0.2) is 9.59 Å². The van der Waals surface area contributed by atoms with Gasteiger partial charge in [0.05, 0.1) is 14.2 Å². The Morgan fingerprint density at radius 2 is 1.28 bits per heavy atom. The Balaban J connectivity index is 2.83. The molecule has 0 spiro atoms. The summed E-state index contributed by atoms with van der Waals surface area (Å²) in [7, 11) is 2.69. The highest BCUT2D eigenvalue weighted by molar-refractivity contribution is 5.83. The maximum absolute atomic E-state index is 11.0. The van der Waals surface area contributed by atoms with Crippen molar-refractivity contribution in [2.75, 3.05) is 14.2 Å². The summed E-state index contributed by atoms with van der Waals surface area (Å²) in [6.07, 6.45) is 10.4. The quantitative estimate of drug-likeness (QED) is 0.567. The number of allylic oxidation sites excluding steroid dienone is 4. The predicted molar refractivity (Wildman–Crippen MR) is 67.8 cm³/mol. The standard InChI is InChI=1S/C14H18O4/c1-17-13(15)9-7-11-5-3-4-6-12(11)8-10-14(16)18-2/h7-10H,3-6H2,1-2H3/b9-7-,10-8+. The lowest BCUT2D eigenvalue weighted by atomic mass is 9.91. The largest absolute Gasteiger partial charge is 0.466 e. The summed E-state index contributed by atoms with van der Waals surface area (Å²) < 4.78 is 9.10. The molecule has 0 aromatic carbocycles. The molecule has 4 nitrogen and oxygen atoms in total. The Hall–Kier alpha value is -1.84. The molecule has 98 valence electrons. The molecule has 0 saturated heterocycles. The molecule has 0 N–H and O–H groups in total. The molecule has 0 aromatic heterocycles. The van der Waals surface area contributed by atoms with E-state index in [1.165, 1.54) is 26.4 Å². The molecule has 0 unspecified atom stereocenters. The fourth-order valence-electron chi connectivity index (χ4n) is 1.81. The van der Waals surface area contributed by atoms with Crippen LogP contribution in [0.2, 0.25) is 0 Å². The number of ether oxygens (including phenoxy) is 2. The fraction of sp³-hybridized carbons (Fsp3) is 0.429. The van der Waals surface area contributed by atoms with Crippen LogP contribution >= 0.6 is 0 Å². The van der Waals surface area contributed by atoms with Crippen molar-refractivity contribution in [2.24, 2.45) is 0 Å². The zero-order chi connectivity index (χ0) is 13.4. The molecule has 0 heterocycles. The molecule has 0 atom stereocenters. The second-order valence-corrected chi connectivity index (χ2v) is 3.97. The first-order chi connectivity index (χ1) is 8.67. The summed E-state index contributed by atoms with van der Waals surface area (Å²) in [5, 5.41) is 0. The van der Waals surface area contributed by atoms with Crippen LogP contribution in [0.4, 0.5) is 0 Å². The van der Waals surface area contributed by atoms with E-state index in [1.807, 2.05) is 0 Å². The third-order valence-corrected chi connectivity index (χ3v) is 2.80. The van der Waals surface area contributed by atoms with Crippen molar-refractivity contribution in [2.45, 2.75) is 25.7 Å². The van der Waals surface area contributed by atoms with Gasteiger partial charge in [0.25, 0.3) is 0 Å². The first kappa shape index (κ1) is 14.2. The van der Waals surface area contributed by atoms with Gasteiger partial charge in [0.2, 0.25) is 0 Å². The van der Waals surface area contributed by atoms with Crippen LogP contribution in [0, 0.1) is 0 Å². The average molecular weight is 250 g/mol. The van der Waals surface area contributed by atoms with Crippen LogP contribution in [0.1, 0.15) is 25.7 Å². The lowest BCUT2D eigenvalue weighted by Crippen LogP contribution is -2.00. The number of methoxy groups -OCH3 is 2. The number of hydrogen-bond donors (Lipinski definition) is 0. The van der Waals surface area contributed by atoms with Crippen LogP contribution in [0.3, 0.4) is 0 Å². The van der Waals surface area contributed by atoms with Gasteiger partial charge in [-0.15, -0.1) is 0 Å². The maximum atomic E-state index is 11.0. The van der Waals surface area contributed by atoms with Gasteiger partial charge in [0, 0.05) is 12.2 Å². The highest BCUT2D eigenvalue weighted by atomic mass is 16.5. The van der Waals surface area contributed by atoms with E-state index >= 15 is 0 Å². The van der Waals surface area contributed by atoms with Gasteiger partial charge in [-0.3, -0.25) is 0 Å². The van der Waals surface area contributed by atoms with E-state index in [0.717, 1.165) is 36.8 Å². The van der Waals surface area contributed by atoms with Crippen LogP contribution in [0.15, 0.2) is 35.5 Å². The van der Waals surface area contributed by atoms with Gasteiger partial charge in [0.1, 0.15) is 0 Å². The number of hydrogen-bond acceptors (Lipinski definition) is 4. The molecule has 0 bridgehead atoms. The molecule has 0 aliphatic heterocycles. The van der Waals surface area contributed by atoms with Crippen molar-refractivity contribution in [1.82, 2.24) is 0 Å². The lowest BCUT2D eigenvalue weighted by molar-refractivity contribution is -0.135. The van der Waals surface area contributed by atoms with Crippen LogP contribution < -0.4 is 0 Å². The van der Waals surface area contributed by atoms with E-state index in [0.29, 0.717) is 0 Å². The zero-order valence-corrected chi connectivity index (χ0v) is 10.8. The normalized spacial score (nSPS) is 16.3. The first-order valence-electron chi connectivity index (χ1n) is 5.91. The van der Waals surface area contributed by atoms with Gasteiger partial charge >= 0.3 is 11.9 Å². The van der Waals surface area contributed by atoms with Crippen molar-refractivity contribution in [3.8, 4) is 0 Å². The third-order valence-electron chi connectivity index (χ3n) is 2.80. The van der Waals surface area contributed by atoms with Crippen LogP contribution in [-0.4, -0.2) is 26.2 Å². The molecule has 0 fully saturated rings. The van der Waals surface area contributed by atoms with Crippen molar-refractivity contribution < 1.29 is 19.1 Å².